The molecule has 2 aromatic carbocycles. The second kappa shape index (κ2) is 10.7. The van der Waals surface area contributed by atoms with Gasteiger partial charge in [-0.3, -0.25) is 4.79 Å². The van der Waals surface area contributed by atoms with Crippen LogP contribution in [0.3, 0.4) is 0 Å². The summed E-state index contributed by atoms with van der Waals surface area (Å²) in [7, 11) is 0. The summed E-state index contributed by atoms with van der Waals surface area (Å²) >= 11 is 13.2. The van der Waals surface area contributed by atoms with Gasteiger partial charge in [0.05, 0.1) is 23.7 Å². The molecule has 0 saturated heterocycles. The Morgan fingerprint density at radius 1 is 1.33 bits per heavy atom. The molecule has 8 nitrogen and oxygen atoms in total. The monoisotopic (exact) mass is 599 g/mol. The molecule has 3 aromatic rings. The Kier molecular flexibility index (Phi) is 8.14. The average molecular weight is 602 g/mol. The summed E-state index contributed by atoms with van der Waals surface area (Å²) in [5.74, 6) is -0.296. The lowest BCUT2D eigenvalue weighted by Gasteiger charge is -2.18. The number of halogens is 3. The van der Waals surface area contributed by atoms with Gasteiger partial charge in [0.1, 0.15) is 10.8 Å². The van der Waals surface area contributed by atoms with E-state index in [-0.39, 0.29) is 22.1 Å². The molecule has 0 unspecified atom stereocenters. The minimum atomic E-state index is -1.14. The second-order valence-electron chi connectivity index (χ2n) is 6.86. The Hall–Kier alpha value is -2.43. The Bertz CT molecular complexity index is 1310. The van der Waals surface area contributed by atoms with Crippen molar-refractivity contribution in [1.82, 2.24) is 9.66 Å². The normalized spacial score (nSPS) is 12.3. The van der Waals surface area contributed by atoms with Crippen LogP contribution in [-0.4, -0.2) is 39.7 Å². The number of benzene rings is 2. The first kappa shape index (κ1) is 25.2. The van der Waals surface area contributed by atoms with E-state index in [0.29, 0.717) is 39.8 Å². The van der Waals surface area contributed by atoms with Crippen molar-refractivity contribution in [2.75, 3.05) is 6.61 Å². The first-order valence-electron chi connectivity index (χ1n) is 9.97. The fraction of sp³-hybridized carbons (Fsp3) is 0.273. The lowest BCUT2D eigenvalue weighted by atomic mass is 10.2. The van der Waals surface area contributed by atoms with Crippen LogP contribution in [0.25, 0.3) is 10.9 Å². The van der Waals surface area contributed by atoms with Gasteiger partial charge in [-0.1, -0.05) is 34.5 Å². The minimum Gasteiger partial charge on any atom is -0.490 e. The van der Waals surface area contributed by atoms with Crippen LogP contribution in [-0.2, 0) is 11.2 Å². The molecule has 1 heterocycles. The number of ether oxygens (including phenoxy) is 2. The van der Waals surface area contributed by atoms with E-state index in [9.17, 15) is 14.7 Å². The lowest BCUT2D eigenvalue weighted by molar-refractivity contribution is -0.144. The molecular formula is C22H20Br2ClN3O5. The van der Waals surface area contributed by atoms with E-state index in [1.165, 1.54) is 17.8 Å². The third-order valence-corrected chi connectivity index (χ3v) is 6.54. The van der Waals surface area contributed by atoms with Crippen LogP contribution >= 0.6 is 43.5 Å². The molecule has 174 valence electrons. The summed E-state index contributed by atoms with van der Waals surface area (Å²) in [5, 5.41) is 14.1. The van der Waals surface area contributed by atoms with Gasteiger partial charge in [-0.15, -0.1) is 0 Å². The molecule has 3 rings (SSSR count). The third kappa shape index (κ3) is 5.39. The smallest absolute Gasteiger partial charge is 0.344 e. The SMILES string of the molecule is CCOc1cc(C=Nn2c(CC)nc3ccc(Br)cc3c2=O)c(Br)c(Cl)c1O[C@@H](C)C(=O)O. The number of carbonyl (C=O) groups is 1. The molecule has 1 N–H and O–H groups in total. The van der Waals surface area contributed by atoms with Crippen molar-refractivity contribution in [2.24, 2.45) is 5.10 Å². The predicted octanol–water partition coefficient (Wildman–Crippen LogP) is 5.27. The van der Waals surface area contributed by atoms with Crippen molar-refractivity contribution in [3.63, 3.8) is 0 Å². The number of carboxylic acid groups (broad SMARTS) is 1. The molecular weight excluding hydrogens is 582 g/mol. The van der Waals surface area contributed by atoms with Crippen LogP contribution in [0.1, 0.15) is 32.2 Å². The maximum atomic E-state index is 13.1. The van der Waals surface area contributed by atoms with Crippen molar-refractivity contribution in [1.29, 1.82) is 0 Å². The first-order valence-corrected chi connectivity index (χ1v) is 11.9. The summed E-state index contributed by atoms with van der Waals surface area (Å²) < 4.78 is 13.5. The average Bonchev–Trinajstić information content (AvgIpc) is 2.78. The van der Waals surface area contributed by atoms with Gasteiger partial charge in [-0.25, -0.2) is 9.78 Å². The van der Waals surface area contributed by atoms with E-state index in [1.54, 1.807) is 25.1 Å². The largest absolute Gasteiger partial charge is 0.490 e. The van der Waals surface area contributed by atoms with E-state index in [2.05, 4.69) is 41.9 Å². The van der Waals surface area contributed by atoms with Crippen molar-refractivity contribution < 1.29 is 19.4 Å². The highest BCUT2D eigenvalue weighted by atomic mass is 79.9. The molecule has 0 fully saturated rings. The summed E-state index contributed by atoms with van der Waals surface area (Å²) in [6.45, 7) is 5.35. The van der Waals surface area contributed by atoms with Crippen LogP contribution in [0.5, 0.6) is 11.5 Å². The van der Waals surface area contributed by atoms with Crippen LogP contribution in [0.4, 0.5) is 0 Å². The van der Waals surface area contributed by atoms with Crippen molar-refractivity contribution in [2.45, 2.75) is 33.3 Å². The van der Waals surface area contributed by atoms with Gasteiger partial charge < -0.3 is 14.6 Å². The Morgan fingerprint density at radius 3 is 2.70 bits per heavy atom. The highest BCUT2D eigenvalue weighted by Crippen LogP contribution is 2.42. The number of aliphatic carboxylic acids is 1. The molecule has 0 radical (unpaired) electrons. The molecule has 33 heavy (non-hydrogen) atoms. The maximum Gasteiger partial charge on any atom is 0.344 e. The number of nitrogens with zero attached hydrogens (tertiary/aromatic N) is 3. The Labute approximate surface area is 211 Å². The van der Waals surface area contributed by atoms with Crippen molar-refractivity contribution in [3.8, 4) is 11.5 Å². The van der Waals surface area contributed by atoms with Gasteiger partial charge in [0.15, 0.2) is 17.6 Å². The van der Waals surface area contributed by atoms with Gasteiger partial charge in [0, 0.05) is 20.9 Å². The van der Waals surface area contributed by atoms with Gasteiger partial charge in [-0.05, 0) is 54.0 Å². The Balaban J connectivity index is 2.12. The summed E-state index contributed by atoms with van der Waals surface area (Å²) in [5.41, 5.74) is 0.780. The number of carboxylic acids is 1. The van der Waals surface area contributed by atoms with Crippen LogP contribution in [0.2, 0.25) is 5.02 Å². The number of rotatable bonds is 8. The first-order chi connectivity index (χ1) is 15.7. The summed E-state index contributed by atoms with van der Waals surface area (Å²) in [6, 6.07) is 6.90. The highest BCUT2D eigenvalue weighted by Gasteiger charge is 2.22. The molecule has 0 bridgehead atoms. The fourth-order valence-corrected chi connectivity index (χ4v) is 3.97. The molecule has 0 aliphatic heterocycles. The molecule has 0 spiro atoms. The lowest BCUT2D eigenvalue weighted by Crippen LogP contribution is -2.23. The third-order valence-electron chi connectivity index (χ3n) is 4.60. The number of aromatic nitrogens is 2. The minimum absolute atomic E-state index is 0.0982. The zero-order valence-corrected chi connectivity index (χ0v) is 21.9. The van der Waals surface area contributed by atoms with Gasteiger partial charge in [0.25, 0.3) is 5.56 Å². The van der Waals surface area contributed by atoms with Crippen molar-refractivity contribution >= 4 is 66.5 Å². The molecule has 0 aliphatic carbocycles. The van der Waals surface area contributed by atoms with Crippen LogP contribution < -0.4 is 15.0 Å². The number of hydrogen-bond acceptors (Lipinski definition) is 6. The molecule has 0 saturated carbocycles. The van der Waals surface area contributed by atoms with E-state index >= 15 is 0 Å². The van der Waals surface area contributed by atoms with Gasteiger partial charge >= 0.3 is 5.97 Å². The zero-order chi connectivity index (χ0) is 24.3. The zero-order valence-electron chi connectivity index (χ0n) is 17.9. The molecule has 0 aliphatic rings. The van der Waals surface area contributed by atoms with Gasteiger partial charge in [-0.2, -0.15) is 9.78 Å². The predicted molar refractivity (Wildman–Crippen MR) is 134 cm³/mol. The van der Waals surface area contributed by atoms with Crippen LogP contribution in [0.15, 0.2) is 43.1 Å². The van der Waals surface area contributed by atoms with E-state index < -0.39 is 12.1 Å². The standard InChI is InChI=1S/C22H20Br2ClN3O5/c1-4-17-27-15-7-6-13(23)9-14(15)21(29)28(17)26-10-12-8-16(32-5-2)20(19(25)18(12)24)33-11(3)22(30)31/h6-11H,4-5H2,1-3H3,(H,30,31)/t11-/m0/s1. The topological polar surface area (TPSA) is 103 Å². The number of fused-ring (bicyclic) bond motifs is 1. The molecule has 11 heteroatoms. The summed E-state index contributed by atoms with van der Waals surface area (Å²) in [4.78, 5) is 28.9. The molecule has 0 amide bonds. The van der Waals surface area contributed by atoms with E-state index in [4.69, 9.17) is 21.1 Å². The van der Waals surface area contributed by atoms with Crippen LogP contribution in [0, 0.1) is 0 Å². The second-order valence-corrected chi connectivity index (χ2v) is 8.94. The fourth-order valence-electron chi connectivity index (χ4n) is 2.96. The number of aryl methyl sites for hydroxylation is 1. The molecule has 1 atom stereocenters. The summed E-state index contributed by atoms with van der Waals surface area (Å²) in [6.07, 6.45) is 0.807. The van der Waals surface area contributed by atoms with E-state index in [1.807, 2.05) is 13.0 Å². The Morgan fingerprint density at radius 2 is 2.06 bits per heavy atom. The van der Waals surface area contributed by atoms with Gasteiger partial charge in [0.2, 0.25) is 0 Å². The maximum absolute atomic E-state index is 13.1. The number of hydrogen-bond donors (Lipinski definition) is 1. The quantitative estimate of drug-likeness (QED) is 0.353. The van der Waals surface area contributed by atoms with E-state index in [0.717, 1.165) is 4.47 Å². The van der Waals surface area contributed by atoms with Crippen molar-refractivity contribution in [3.05, 3.63) is 60.0 Å². The molecule has 1 aromatic heterocycles. The highest BCUT2D eigenvalue weighted by molar-refractivity contribution is 9.10.